The van der Waals surface area contributed by atoms with Gasteiger partial charge in [-0.25, -0.2) is 0 Å². The van der Waals surface area contributed by atoms with E-state index in [0.717, 1.165) is 19.0 Å². The quantitative estimate of drug-likeness (QED) is 0.692. The zero-order valence-electron chi connectivity index (χ0n) is 14.6. The van der Waals surface area contributed by atoms with Gasteiger partial charge < -0.3 is 10.6 Å². The van der Waals surface area contributed by atoms with Crippen molar-refractivity contribution in [1.82, 2.24) is 15.5 Å². The number of thioether (sulfide) groups is 1. The van der Waals surface area contributed by atoms with E-state index >= 15 is 0 Å². The monoisotopic (exact) mass is 397 g/mol. The normalized spacial score (nSPS) is 23.7. The highest BCUT2D eigenvalue weighted by atomic mass is 35.5. The molecule has 1 saturated heterocycles. The van der Waals surface area contributed by atoms with Crippen molar-refractivity contribution < 1.29 is 4.79 Å². The largest absolute Gasteiger partial charge is 0.353 e. The number of hydrogen-bond acceptors (Lipinski definition) is 4. The zero-order valence-corrected chi connectivity index (χ0v) is 17.0. The van der Waals surface area contributed by atoms with Gasteiger partial charge in [0, 0.05) is 36.7 Å². The van der Waals surface area contributed by atoms with E-state index in [2.05, 4.69) is 27.3 Å². The lowest BCUT2D eigenvalue weighted by atomic mass is 9.80. The van der Waals surface area contributed by atoms with Crippen LogP contribution in [0.3, 0.4) is 0 Å². The first-order chi connectivity index (χ1) is 10.8. The van der Waals surface area contributed by atoms with Crippen LogP contribution in [0.4, 0.5) is 0 Å². The third kappa shape index (κ3) is 6.56. The second-order valence-electron chi connectivity index (χ2n) is 7.24. The fourth-order valence-corrected chi connectivity index (χ4v) is 4.79. The second kappa shape index (κ2) is 11.1. The molecule has 24 heavy (non-hydrogen) atoms. The van der Waals surface area contributed by atoms with Crippen LogP contribution in [0.25, 0.3) is 0 Å². The molecule has 2 saturated carbocycles. The first-order valence-electron chi connectivity index (χ1n) is 9.09. The van der Waals surface area contributed by atoms with Crippen molar-refractivity contribution in [2.75, 3.05) is 44.2 Å². The number of carbonyl (C=O) groups excluding carboxylic acids is 1. The Labute approximate surface area is 163 Å². The Morgan fingerprint density at radius 3 is 2.38 bits per heavy atom. The fraction of sp³-hybridized carbons (Fsp3) is 0.941. The Kier molecular flexibility index (Phi) is 10.4. The maximum absolute atomic E-state index is 12.1. The lowest BCUT2D eigenvalue weighted by Crippen LogP contribution is -2.59. The Bertz CT molecular complexity index is 371. The molecular formula is C17H33Cl2N3OS. The van der Waals surface area contributed by atoms with E-state index in [9.17, 15) is 4.79 Å². The van der Waals surface area contributed by atoms with Crippen molar-refractivity contribution in [3.63, 3.8) is 0 Å². The Hall–Kier alpha value is 0.320. The van der Waals surface area contributed by atoms with Crippen LogP contribution in [-0.2, 0) is 4.79 Å². The fourth-order valence-electron chi connectivity index (χ4n) is 3.89. The Morgan fingerprint density at radius 1 is 1.08 bits per heavy atom. The molecule has 1 aliphatic heterocycles. The lowest BCUT2D eigenvalue weighted by Gasteiger charge is -2.48. The van der Waals surface area contributed by atoms with Crippen LogP contribution in [0.2, 0.25) is 0 Å². The number of rotatable bonds is 7. The summed E-state index contributed by atoms with van der Waals surface area (Å²) in [6.07, 6.45) is 9.19. The summed E-state index contributed by atoms with van der Waals surface area (Å²) in [6.45, 7) is 4.74. The maximum Gasteiger partial charge on any atom is 0.234 e. The zero-order chi connectivity index (χ0) is 15.3. The number of nitrogens with one attached hydrogen (secondary N) is 2. The molecule has 0 aromatic rings. The van der Waals surface area contributed by atoms with Crippen LogP contribution in [0.1, 0.15) is 44.9 Å². The second-order valence-corrected chi connectivity index (χ2v) is 8.46. The van der Waals surface area contributed by atoms with E-state index in [0.29, 0.717) is 6.54 Å². The molecule has 0 aromatic carbocycles. The van der Waals surface area contributed by atoms with Crippen molar-refractivity contribution in [1.29, 1.82) is 0 Å². The van der Waals surface area contributed by atoms with Crippen molar-refractivity contribution in [2.24, 2.45) is 5.92 Å². The van der Waals surface area contributed by atoms with Crippen molar-refractivity contribution in [2.45, 2.75) is 50.5 Å². The van der Waals surface area contributed by atoms with Gasteiger partial charge in [-0.15, -0.1) is 24.8 Å². The van der Waals surface area contributed by atoms with Crippen molar-refractivity contribution in [3.05, 3.63) is 0 Å². The van der Waals surface area contributed by atoms with Crippen LogP contribution >= 0.6 is 36.6 Å². The molecular weight excluding hydrogens is 365 g/mol. The predicted molar refractivity (Wildman–Crippen MR) is 108 cm³/mol. The summed E-state index contributed by atoms with van der Waals surface area (Å²) in [6, 6.07) is 0. The van der Waals surface area contributed by atoms with Gasteiger partial charge in [0.05, 0.1) is 6.54 Å². The number of halogens is 2. The van der Waals surface area contributed by atoms with E-state index in [1.54, 1.807) is 0 Å². The Balaban J connectivity index is 0.00000144. The van der Waals surface area contributed by atoms with E-state index in [1.807, 2.05) is 0 Å². The average molecular weight is 398 g/mol. The lowest BCUT2D eigenvalue weighted by molar-refractivity contribution is -0.121. The van der Waals surface area contributed by atoms with Gasteiger partial charge in [-0.2, -0.15) is 11.8 Å². The van der Waals surface area contributed by atoms with Gasteiger partial charge in [-0.05, 0) is 38.1 Å². The van der Waals surface area contributed by atoms with Crippen LogP contribution in [0.15, 0.2) is 0 Å². The summed E-state index contributed by atoms with van der Waals surface area (Å²) in [5, 5.41) is 6.53. The molecule has 3 fully saturated rings. The highest BCUT2D eigenvalue weighted by Gasteiger charge is 2.38. The molecule has 0 unspecified atom stereocenters. The minimum Gasteiger partial charge on any atom is -0.353 e. The molecule has 3 rings (SSSR count). The molecule has 0 atom stereocenters. The highest BCUT2D eigenvalue weighted by Crippen LogP contribution is 2.34. The SMILES string of the molecule is Cl.Cl.O=C(CNCC1CC1)NCC1(N2CCSCC2)CCCCC1. The number of amides is 1. The smallest absolute Gasteiger partial charge is 0.234 e. The van der Waals surface area contributed by atoms with Gasteiger partial charge in [-0.3, -0.25) is 9.69 Å². The molecule has 0 bridgehead atoms. The van der Waals surface area contributed by atoms with Gasteiger partial charge in [0.1, 0.15) is 0 Å². The molecule has 7 heteroatoms. The first kappa shape index (κ1) is 22.4. The molecule has 1 amide bonds. The van der Waals surface area contributed by atoms with Crippen LogP contribution < -0.4 is 10.6 Å². The summed E-state index contributed by atoms with van der Waals surface area (Å²) in [5.41, 5.74) is 0.241. The minimum absolute atomic E-state index is 0. The van der Waals surface area contributed by atoms with Gasteiger partial charge >= 0.3 is 0 Å². The van der Waals surface area contributed by atoms with Gasteiger partial charge in [-0.1, -0.05) is 19.3 Å². The summed E-state index contributed by atoms with van der Waals surface area (Å²) < 4.78 is 0. The third-order valence-electron chi connectivity index (χ3n) is 5.50. The average Bonchev–Trinajstić information content (AvgIpc) is 3.39. The van der Waals surface area contributed by atoms with Gasteiger partial charge in [0.2, 0.25) is 5.91 Å². The van der Waals surface area contributed by atoms with Crippen LogP contribution in [-0.4, -0.2) is 60.6 Å². The molecule has 0 spiro atoms. The number of hydrogen-bond donors (Lipinski definition) is 2. The molecule has 2 N–H and O–H groups in total. The standard InChI is InChI=1S/C17H31N3OS.2ClH/c21-16(13-18-12-15-4-5-15)19-14-17(6-2-1-3-7-17)20-8-10-22-11-9-20;;/h15,18H,1-14H2,(H,19,21);2*1H. The summed E-state index contributed by atoms with van der Waals surface area (Å²) in [5.74, 6) is 3.51. The van der Waals surface area contributed by atoms with Gasteiger partial charge in [0.25, 0.3) is 0 Å². The molecule has 1 heterocycles. The van der Waals surface area contributed by atoms with Crippen molar-refractivity contribution >= 4 is 42.5 Å². The van der Waals surface area contributed by atoms with Gasteiger partial charge in [0.15, 0.2) is 0 Å². The topological polar surface area (TPSA) is 44.4 Å². The van der Waals surface area contributed by atoms with E-state index < -0.39 is 0 Å². The summed E-state index contributed by atoms with van der Waals surface area (Å²) in [7, 11) is 0. The molecule has 0 radical (unpaired) electrons. The highest BCUT2D eigenvalue weighted by molar-refractivity contribution is 7.99. The number of carbonyl (C=O) groups is 1. The van der Waals surface area contributed by atoms with Crippen LogP contribution in [0, 0.1) is 5.92 Å². The third-order valence-corrected chi connectivity index (χ3v) is 6.44. The minimum atomic E-state index is 0. The maximum atomic E-state index is 12.1. The number of nitrogens with zero attached hydrogens (tertiary/aromatic N) is 1. The molecule has 2 aliphatic carbocycles. The van der Waals surface area contributed by atoms with Crippen molar-refractivity contribution in [3.8, 4) is 0 Å². The summed E-state index contributed by atoms with van der Waals surface area (Å²) >= 11 is 2.07. The molecule has 3 aliphatic rings. The first-order valence-corrected chi connectivity index (χ1v) is 10.2. The predicted octanol–water partition coefficient (Wildman–Crippen LogP) is 2.70. The van der Waals surface area contributed by atoms with E-state index in [4.69, 9.17) is 0 Å². The molecule has 142 valence electrons. The van der Waals surface area contributed by atoms with E-state index in [1.165, 1.54) is 69.5 Å². The molecule has 4 nitrogen and oxygen atoms in total. The summed E-state index contributed by atoms with van der Waals surface area (Å²) in [4.78, 5) is 14.8. The molecule has 0 aromatic heterocycles. The van der Waals surface area contributed by atoms with Crippen LogP contribution in [0.5, 0.6) is 0 Å². The van der Waals surface area contributed by atoms with E-state index in [-0.39, 0.29) is 36.3 Å². The Morgan fingerprint density at radius 2 is 1.75 bits per heavy atom.